The summed E-state index contributed by atoms with van der Waals surface area (Å²) >= 11 is 4.99. The molecule has 0 aliphatic carbocycles. The summed E-state index contributed by atoms with van der Waals surface area (Å²) in [5.41, 5.74) is 5.89. The van der Waals surface area contributed by atoms with Crippen LogP contribution in [0.25, 0.3) is 0 Å². The van der Waals surface area contributed by atoms with E-state index in [-0.39, 0.29) is 23.2 Å². The Morgan fingerprint density at radius 3 is 2.31 bits per heavy atom. The van der Waals surface area contributed by atoms with Crippen LogP contribution in [0.1, 0.15) is 34.1 Å². The zero-order valence-corrected chi connectivity index (χ0v) is 11.4. The molecule has 0 saturated carbocycles. The molecule has 1 atom stereocenters. The predicted octanol–water partition coefficient (Wildman–Crippen LogP) is 1.80. The molecule has 92 valence electrons. The minimum Gasteiger partial charge on any atom is -0.393 e. The van der Waals surface area contributed by atoms with Crippen LogP contribution in [0.3, 0.4) is 0 Å². The van der Waals surface area contributed by atoms with Crippen LogP contribution in [-0.4, -0.2) is 28.9 Å². The molecule has 1 heterocycles. The lowest BCUT2D eigenvalue weighted by atomic mass is 9.92. The molecule has 1 aliphatic heterocycles. The molecule has 0 bridgehead atoms. The van der Waals surface area contributed by atoms with E-state index in [1.54, 1.807) is 0 Å². The number of carbonyl (C=O) groups is 1. The van der Waals surface area contributed by atoms with Crippen LogP contribution in [0.4, 0.5) is 0 Å². The van der Waals surface area contributed by atoms with Gasteiger partial charge in [0.2, 0.25) is 5.91 Å². The van der Waals surface area contributed by atoms with Crippen molar-refractivity contribution in [3.8, 4) is 0 Å². The van der Waals surface area contributed by atoms with E-state index in [0.717, 1.165) is 19.5 Å². The van der Waals surface area contributed by atoms with E-state index in [1.165, 1.54) is 0 Å². The molecule has 3 nitrogen and oxygen atoms in total. The molecule has 1 rings (SSSR count). The minimum atomic E-state index is -0.302. The largest absolute Gasteiger partial charge is 0.393 e. The standard InChI is InChI=1S/C12H22N2OS/c1-8(2)9(10(13)16)11(15)14-6-5-12(3,4)7-14/h8-9H,5-7H2,1-4H3,(H2,13,16). The summed E-state index contributed by atoms with van der Waals surface area (Å²) in [6.45, 7) is 10.00. The Balaban J connectivity index is 2.74. The highest BCUT2D eigenvalue weighted by Crippen LogP contribution is 2.30. The molecular weight excluding hydrogens is 220 g/mol. The van der Waals surface area contributed by atoms with Gasteiger partial charge in [-0.25, -0.2) is 0 Å². The fraction of sp³-hybridized carbons (Fsp3) is 0.833. The molecule has 4 heteroatoms. The molecule has 0 aromatic heterocycles. The number of likely N-dealkylation sites (tertiary alicyclic amines) is 1. The van der Waals surface area contributed by atoms with E-state index in [4.69, 9.17) is 18.0 Å². The number of hydrogen-bond donors (Lipinski definition) is 1. The number of carbonyl (C=O) groups excluding carboxylic acids is 1. The first-order valence-electron chi connectivity index (χ1n) is 5.83. The maximum atomic E-state index is 12.3. The molecule has 1 aliphatic rings. The van der Waals surface area contributed by atoms with Crippen LogP contribution in [0.5, 0.6) is 0 Å². The zero-order chi connectivity index (χ0) is 12.5. The van der Waals surface area contributed by atoms with Gasteiger partial charge in [-0.2, -0.15) is 0 Å². The molecule has 0 radical (unpaired) electrons. The van der Waals surface area contributed by atoms with Crippen molar-refractivity contribution in [2.24, 2.45) is 23.0 Å². The van der Waals surface area contributed by atoms with Gasteiger partial charge < -0.3 is 10.6 Å². The van der Waals surface area contributed by atoms with Crippen LogP contribution in [-0.2, 0) is 4.79 Å². The van der Waals surface area contributed by atoms with Crippen LogP contribution < -0.4 is 5.73 Å². The van der Waals surface area contributed by atoms with Crippen LogP contribution >= 0.6 is 12.2 Å². The molecule has 2 N–H and O–H groups in total. The number of nitrogens with two attached hydrogens (primary N) is 1. The van der Waals surface area contributed by atoms with Crippen LogP contribution in [0.15, 0.2) is 0 Å². The maximum absolute atomic E-state index is 12.3. The van der Waals surface area contributed by atoms with E-state index in [9.17, 15) is 4.79 Å². The topological polar surface area (TPSA) is 46.3 Å². The number of hydrogen-bond acceptors (Lipinski definition) is 2. The summed E-state index contributed by atoms with van der Waals surface area (Å²) in [7, 11) is 0. The first-order chi connectivity index (χ1) is 7.24. The number of nitrogens with zero attached hydrogens (tertiary/aromatic N) is 1. The summed E-state index contributed by atoms with van der Waals surface area (Å²) in [5.74, 6) is -0.0225. The fourth-order valence-corrected chi connectivity index (χ4v) is 2.61. The molecule has 1 fully saturated rings. The highest BCUT2D eigenvalue weighted by molar-refractivity contribution is 7.80. The van der Waals surface area contributed by atoms with Gasteiger partial charge in [0.05, 0.1) is 10.9 Å². The fourth-order valence-electron chi connectivity index (χ4n) is 2.23. The first-order valence-corrected chi connectivity index (χ1v) is 6.23. The van der Waals surface area contributed by atoms with Gasteiger partial charge in [0.25, 0.3) is 0 Å². The molecule has 1 amide bonds. The summed E-state index contributed by atoms with van der Waals surface area (Å²) in [6, 6.07) is 0. The lowest BCUT2D eigenvalue weighted by Gasteiger charge is -2.26. The van der Waals surface area contributed by atoms with Gasteiger partial charge in [-0.15, -0.1) is 0 Å². The van der Waals surface area contributed by atoms with Gasteiger partial charge in [0.15, 0.2) is 0 Å². The third-order valence-electron chi connectivity index (χ3n) is 3.23. The van der Waals surface area contributed by atoms with Gasteiger partial charge in [-0.1, -0.05) is 39.9 Å². The molecular formula is C12H22N2OS. The predicted molar refractivity (Wildman–Crippen MR) is 70.1 cm³/mol. The van der Waals surface area contributed by atoms with Gasteiger partial charge in [0, 0.05) is 13.1 Å². The molecule has 0 aromatic rings. The molecule has 16 heavy (non-hydrogen) atoms. The average molecular weight is 242 g/mol. The lowest BCUT2D eigenvalue weighted by Crippen LogP contribution is -2.43. The zero-order valence-electron chi connectivity index (χ0n) is 10.6. The Labute approximate surface area is 103 Å². The van der Waals surface area contributed by atoms with E-state index >= 15 is 0 Å². The third kappa shape index (κ3) is 2.94. The summed E-state index contributed by atoms with van der Waals surface area (Å²) < 4.78 is 0. The van der Waals surface area contributed by atoms with Crippen molar-refractivity contribution in [3.05, 3.63) is 0 Å². The second kappa shape index (κ2) is 4.70. The van der Waals surface area contributed by atoms with Gasteiger partial charge >= 0.3 is 0 Å². The summed E-state index contributed by atoms with van der Waals surface area (Å²) in [6.07, 6.45) is 1.06. The molecule has 1 saturated heterocycles. The summed E-state index contributed by atoms with van der Waals surface area (Å²) in [4.78, 5) is 14.5. The maximum Gasteiger partial charge on any atom is 0.232 e. The van der Waals surface area contributed by atoms with Crippen molar-refractivity contribution >= 4 is 23.1 Å². The smallest absolute Gasteiger partial charge is 0.232 e. The van der Waals surface area contributed by atoms with Crippen molar-refractivity contribution in [3.63, 3.8) is 0 Å². The quantitative estimate of drug-likeness (QED) is 0.768. The van der Waals surface area contributed by atoms with Crippen molar-refractivity contribution in [1.82, 2.24) is 4.90 Å². The van der Waals surface area contributed by atoms with Crippen molar-refractivity contribution < 1.29 is 4.79 Å². The van der Waals surface area contributed by atoms with Crippen molar-refractivity contribution in [2.45, 2.75) is 34.1 Å². The highest BCUT2D eigenvalue weighted by Gasteiger charge is 2.36. The SMILES string of the molecule is CC(C)C(C(=O)N1CCC(C)(C)C1)C(N)=S. The average Bonchev–Trinajstić information content (AvgIpc) is 2.44. The Hall–Kier alpha value is -0.640. The molecule has 1 unspecified atom stereocenters. The highest BCUT2D eigenvalue weighted by atomic mass is 32.1. The van der Waals surface area contributed by atoms with Gasteiger partial charge in [-0.3, -0.25) is 4.79 Å². The van der Waals surface area contributed by atoms with Crippen molar-refractivity contribution in [1.29, 1.82) is 0 Å². The van der Waals surface area contributed by atoms with Crippen LogP contribution in [0.2, 0.25) is 0 Å². The Morgan fingerprint density at radius 1 is 1.44 bits per heavy atom. The monoisotopic (exact) mass is 242 g/mol. The minimum absolute atomic E-state index is 0.105. The number of thiocarbonyl (C=S) groups is 1. The van der Waals surface area contributed by atoms with E-state index in [2.05, 4.69) is 13.8 Å². The lowest BCUT2D eigenvalue weighted by molar-refractivity contribution is -0.133. The first kappa shape index (κ1) is 13.4. The normalized spacial score (nSPS) is 21.2. The second-order valence-electron chi connectivity index (χ2n) is 5.80. The summed E-state index contributed by atoms with van der Waals surface area (Å²) in [5, 5.41) is 0. The van der Waals surface area contributed by atoms with Crippen LogP contribution in [0, 0.1) is 17.3 Å². The molecule has 0 aromatic carbocycles. The van der Waals surface area contributed by atoms with E-state index in [0.29, 0.717) is 4.99 Å². The number of rotatable bonds is 3. The number of amides is 1. The molecule has 0 spiro atoms. The Kier molecular flexibility index (Phi) is 3.94. The third-order valence-corrected chi connectivity index (χ3v) is 3.48. The van der Waals surface area contributed by atoms with E-state index in [1.807, 2.05) is 18.7 Å². The van der Waals surface area contributed by atoms with Crippen molar-refractivity contribution in [2.75, 3.05) is 13.1 Å². The van der Waals surface area contributed by atoms with Gasteiger partial charge in [0.1, 0.15) is 0 Å². The van der Waals surface area contributed by atoms with E-state index < -0.39 is 0 Å². The Bertz CT molecular complexity index is 299. The second-order valence-corrected chi connectivity index (χ2v) is 6.27. The Morgan fingerprint density at radius 2 is 2.00 bits per heavy atom. The van der Waals surface area contributed by atoms with Gasteiger partial charge in [-0.05, 0) is 17.8 Å².